The zero-order chi connectivity index (χ0) is 13.9. The second-order valence-corrected chi connectivity index (χ2v) is 7.44. The van der Waals surface area contributed by atoms with Gasteiger partial charge in [0.2, 0.25) is 0 Å². The molecular formula is C16H15IN2S. The molecule has 102 valence electrons. The Bertz CT molecular complexity index is 723. The van der Waals surface area contributed by atoms with E-state index in [0.717, 1.165) is 12.1 Å². The summed E-state index contributed by atoms with van der Waals surface area (Å²) in [6.45, 7) is 3.07. The van der Waals surface area contributed by atoms with Crippen molar-refractivity contribution in [3.63, 3.8) is 0 Å². The predicted molar refractivity (Wildman–Crippen MR) is 94.3 cm³/mol. The van der Waals surface area contributed by atoms with Crippen LogP contribution >= 0.6 is 33.9 Å². The fourth-order valence-corrected chi connectivity index (χ4v) is 3.75. The standard InChI is InChI=1S/C16H15IN2S/c1-2-18-16(13-8-15(17)20-10-13)12-7-11-5-3-4-6-14(11)19-9-12/h3-10,16,18H,2H2,1H3. The average Bonchev–Trinajstić information content (AvgIpc) is 2.90. The quantitative estimate of drug-likeness (QED) is 0.655. The van der Waals surface area contributed by atoms with Gasteiger partial charge in [-0.25, -0.2) is 0 Å². The number of nitrogens with one attached hydrogen (secondary N) is 1. The Kier molecular flexibility index (Phi) is 4.33. The minimum Gasteiger partial charge on any atom is -0.306 e. The normalized spacial score (nSPS) is 12.7. The number of pyridine rings is 1. The van der Waals surface area contributed by atoms with Crippen molar-refractivity contribution in [2.24, 2.45) is 0 Å². The Morgan fingerprint density at radius 3 is 2.85 bits per heavy atom. The summed E-state index contributed by atoms with van der Waals surface area (Å²) in [7, 11) is 0. The van der Waals surface area contributed by atoms with Crippen LogP contribution in [0.3, 0.4) is 0 Å². The van der Waals surface area contributed by atoms with Gasteiger partial charge in [-0.3, -0.25) is 4.98 Å². The molecule has 0 amide bonds. The first kappa shape index (κ1) is 14.0. The van der Waals surface area contributed by atoms with E-state index in [2.05, 4.69) is 75.5 Å². The Morgan fingerprint density at radius 1 is 1.25 bits per heavy atom. The van der Waals surface area contributed by atoms with E-state index in [1.54, 1.807) is 11.3 Å². The molecule has 20 heavy (non-hydrogen) atoms. The number of hydrogen-bond donors (Lipinski definition) is 1. The molecule has 2 heterocycles. The zero-order valence-electron chi connectivity index (χ0n) is 11.1. The summed E-state index contributed by atoms with van der Waals surface area (Å²) in [5.74, 6) is 0. The third-order valence-electron chi connectivity index (χ3n) is 3.27. The van der Waals surface area contributed by atoms with E-state index in [4.69, 9.17) is 0 Å². The fourth-order valence-electron chi connectivity index (χ4n) is 2.35. The molecular weight excluding hydrogens is 379 g/mol. The Morgan fingerprint density at radius 2 is 2.10 bits per heavy atom. The molecule has 0 radical (unpaired) electrons. The van der Waals surface area contributed by atoms with Crippen LogP contribution in [0.25, 0.3) is 10.9 Å². The van der Waals surface area contributed by atoms with Gasteiger partial charge in [0.1, 0.15) is 0 Å². The van der Waals surface area contributed by atoms with Gasteiger partial charge in [0.05, 0.1) is 14.4 Å². The third kappa shape index (κ3) is 2.87. The lowest BCUT2D eigenvalue weighted by atomic mass is 10.0. The van der Waals surface area contributed by atoms with Gasteiger partial charge in [0.25, 0.3) is 0 Å². The van der Waals surface area contributed by atoms with Crippen molar-refractivity contribution < 1.29 is 0 Å². The highest BCUT2D eigenvalue weighted by Crippen LogP contribution is 2.28. The maximum Gasteiger partial charge on any atom is 0.0702 e. The van der Waals surface area contributed by atoms with E-state index in [0.29, 0.717) is 0 Å². The molecule has 4 heteroatoms. The van der Waals surface area contributed by atoms with Gasteiger partial charge in [-0.15, -0.1) is 11.3 Å². The molecule has 1 N–H and O–H groups in total. The van der Waals surface area contributed by atoms with Crippen LogP contribution < -0.4 is 5.32 Å². The molecule has 2 aromatic heterocycles. The summed E-state index contributed by atoms with van der Waals surface area (Å²) in [6.07, 6.45) is 1.99. The van der Waals surface area contributed by atoms with Crippen LogP contribution in [0.1, 0.15) is 24.1 Å². The van der Waals surface area contributed by atoms with Crippen LogP contribution in [0.5, 0.6) is 0 Å². The van der Waals surface area contributed by atoms with Gasteiger partial charge >= 0.3 is 0 Å². The molecule has 0 saturated heterocycles. The van der Waals surface area contributed by atoms with Crippen molar-refractivity contribution in [1.82, 2.24) is 10.3 Å². The number of nitrogens with zero attached hydrogens (tertiary/aromatic N) is 1. The summed E-state index contributed by atoms with van der Waals surface area (Å²) >= 11 is 4.15. The summed E-state index contributed by atoms with van der Waals surface area (Å²) in [6, 6.07) is 13.0. The maximum atomic E-state index is 4.58. The minimum absolute atomic E-state index is 0.219. The topological polar surface area (TPSA) is 24.9 Å². The first-order chi connectivity index (χ1) is 9.78. The number of halogens is 1. The SMILES string of the molecule is CCNC(c1csc(I)c1)c1cnc2ccccc2c1. The van der Waals surface area contributed by atoms with E-state index in [1.165, 1.54) is 19.4 Å². The van der Waals surface area contributed by atoms with Crippen molar-refractivity contribution >= 4 is 44.8 Å². The van der Waals surface area contributed by atoms with Gasteiger partial charge in [-0.05, 0) is 63.8 Å². The van der Waals surface area contributed by atoms with Crippen LogP contribution in [0.15, 0.2) is 48.0 Å². The van der Waals surface area contributed by atoms with Crippen LogP contribution in [-0.2, 0) is 0 Å². The number of rotatable bonds is 4. The van der Waals surface area contributed by atoms with E-state index < -0.39 is 0 Å². The number of benzene rings is 1. The molecule has 0 fully saturated rings. The molecule has 3 aromatic rings. The summed E-state index contributed by atoms with van der Waals surface area (Å²) in [5.41, 5.74) is 3.59. The molecule has 3 rings (SSSR count). The number of para-hydroxylation sites is 1. The second-order valence-electron chi connectivity index (χ2n) is 4.64. The van der Waals surface area contributed by atoms with E-state index in [9.17, 15) is 0 Å². The molecule has 0 aliphatic carbocycles. The molecule has 1 unspecified atom stereocenters. The van der Waals surface area contributed by atoms with Gasteiger partial charge < -0.3 is 5.32 Å². The van der Waals surface area contributed by atoms with Gasteiger partial charge in [0.15, 0.2) is 0 Å². The lowest BCUT2D eigenvalue weighted by Crippen LogP contribution is -2.21. The Labute approximate surface area is 136 Å². The molecule has 1 aromatic carbocycles. The molecule has 0 aliphatic rings. The van der Waals surface area contributed by atoms with E-state index >= 15 is 0 Å². The Hall–Kier alpha value is -0.980. The third-order valence-corrected chi connectivity index (χ3v) is 5.08. The largest absolute Gasteiger partial charge is 0.306 e. The molecule has 0 spiro atoms. The molecule has 1 atom stereocenters. The average molecular weight is 394 g/mol. The fraction of sp³-hybridized carbons (Fsp3) is 0.188. The van der Waals surface area contributed by atoms with Crippen LogP contribution in [0.4, 0.5) is 0 Å². The van der Waals surface area contributed by atoms with Crippen molar-refractivity contribution in [2.45, 2.75) is 13.0 Å². The highest BCUT2D eigenvalue weighted by atomic mass is 127. The first-order valence-corrected chi connectivity index (χ1v) is 8.56. The summed E-state index contributed by atoms with van der Waals surface area (Å²) in [4.78, 5) is 4.58. The molecule has 2 nitrogen and oxygen atoms in total. The van der Waals surface area contributed by atoms with Crippen molar-refractivity contribution in [2.75, 3.05) is 6.54 Å². The highest BCUT2D eigenvalue weighted by molar-refractivity contribution is 14.1. The summed E-state index contributed by atoms with van der Waals surface area (Å²) < 4.78 is 1.31. The number of thiophene rings is 1. The number of aromatic nitrogens is 1. The molecule has 0 aliphatic heterocycles. The maximum absolute atomic E-state index is 4.58. The smallest absolute Gasteiger partial charge is 0.0702 e. The van der Waals surface area contributed by atoms with Crippen molar-refractivity contribution in [3.05, 3.63) is 62.0 Å². The van der Waals surface area contributed by atoms with Crippen LogP contribution in [0, 0.1) is 2.88 Å². The van der Waals surface area contributed by atoms with E-state index in [-0.39, 0.29) is 6.04 Å². The minimum atomic E-state index is 0.219. The predicted octanol–water partition coefficient (Wildman–Crippen LogP) is 4.60. The zero-order valence-corrected chi connectivity index (χ0v) is 14.1. The van der Waals surface area contributed by atoms with Gasteiger partial charge in [-0.1, -0.05) is 25.1 Å². The molecule has 0 bridgehead atoms. The monoisotopic (exact) mass is 394 g/mol. The molecule has 0 saturated carbocycles. The van der Waals surface area contributed by atoms with Gasteiger partial charge in [-0.2, -0.15) is 0 Å². The van der Waals surface area contributed by atoms with Gasteiger partial charge in [0, 0.05) is 11.6 Å². The lowest BCUT2D eigenvalue weighted by Gasteiger charge is -2.17. The van der Waals surface area contributed by atoms with E-state index in [1.807, 2.05) is 12.3 Å². The lowest BCUT2D eigenvalue weighted by molar-refractivity contribution is 0.631. The second kappa shape index (κ2) is 6.20. The van der Waals surface area contributed by atoms with Crippen LogP contribution in [-0.4, -0.2) is 11.5 Å². The first-order valence-electron chi connectivity index (χ1n) is 6.60. The Balaban J connectivity index is 2.04. The van der Waals surface area contributed by atoms with Crippen molar-refractivity contribution in [3.8, 4) is 0 Å². The van der Waals surface area contributed by atoms with Crippen LogP contribution in [0.2, 0.25) is 0 Å². The highest BCUT2D eigenvalue weighted by Gasteiger charge is 2.15. The number of hydrogen-bond acceptors (Lipinski definition) is 3. The van der Waals surface area contributed by atoms with Crippen molar-refractivity contribution in [1.29, 1.82) is 0 Å². The number of fused-ring (bicyclic) bond motifs is 1. The summed E-state index contributed by atoms with van der Waals surface area (Å²) in [5, 5.41) is 6.98.